The first-order valence-corrected chi connectivity index (χ1v) is 14.9. The zero-order chi connectivity index (χ0) is 31.7. The number of allylic oxidation sites excluding steroid dienone is 2. The second-order valence-corrected chi connectivity index (χ2v) is 11.3. The van der Waals surface area contributed by atoms with Crippen LogP contribution in [0.3, 0.4) is 0 Å². The summed E-state index contributed by atoms with van der Waals surface area (Å²) in [5.41, 5.74) is 7.43. The van der Waals surface area contributed by atoms with E-state index in [0.29, 0.717) is 11.3 Å². The Morgan fingerprint density at radius 3 is 2.48 bits per heavy atom. The first-order chi connectivity index (χ1) is 21.1. The molecule has 1 aliphatic carbocycles. The summed E-state index contributed by atoms with van der Waals surface area (Å²) in [6.45, 7) is 4.93. The van der Waals surface area contributed by atoms with Crippen molar-refractivity contribution >= 4 is 40.4 Å². The van der Waals surface area contributed by atoms with Crippen molar-refractivity contribution in [1.82, 2.24) is 0 Å². The van der Waals surface area contributed by atoms with Crippen LogP contribution in [0.4, 0.5) is 15.8 Å². The Kier molecular flexibility index (Phi) is 8.63. The van der Waals surface area contributed by atoms with Crippen molar-refractivity contribution in [3.63, 3.8) is 0 Å². The number of carbonyl (C=O) groups is 3. The van der Waals surface area contributed by atoms with Crippen molar-refractivity contribution in [3.8, 4) is 0 Å². The summed E-state index contributed by atoms with van der Waals surface area (Å²) >= 11 is 1.36. The Morgan fingerprint density at radius 1 is 1.11 bits per heavy atom. The second-order valence-electron chi connectivity index (χ2n) is 10.3. The van der Waals surface area contributed by atoms with Crippen molar-refractivity contribution in [3.05, 3.63) is 115 Å². The number of nitro groups is 1. The molecule has 1 aliphatic heterocycles. The summed E-state index contributed by atoms with van der Waals surface area (Å²) in [4.78, 5) is 55.2. The van der Waals surface area contributed by atoms with E-state index in [4.69, 9.17) is 15.2 Å². The monoisotopic (exact) mass is 619 g/mol. The van der Waals surface area contributed by atoms with Gasteiger partial charge in [-0.2, -0.15) is 0 Å². The summed E-state index contributed by atoms with van der Waals surface area (Å²) in [5, 5.41) is 13.6. The summed E-state index contributed by atoms with van der Waals surface area (Å²) in [6.07, 6.45) is 0.0644. The highest BCUT2D eigenvalue weighted by molar-refractivity contribution is 7.10. The maximum Gasteiger partial charge on any atom is 0.338 e. The molecule has 2 N–H and O–H groups in total. The highest BCUT2D eigenvalue weighted by Gasteiger charge is 2.52. The molecule has 228 valence electrons. The fourth-order valence-electron chi connectivity index (χ4n) is 5.96. The average Bonchev–Trinajstić information content (AvgIpc) is 3.52. The van der Waals surface area contributed by atoms with Gasteiger partial charge in [0.25, 0.3) is 5.69 Å². The van der Waals surface area contributed by atoms with Crippen LogP contribution in [0, 0.1) is 28.8 Å². The Balaban J connectivity index is 1.87. The van der Waals surface area contributed by atoms with Gasteiger partial charge in [-0.25, -0.2) is 9.18 Å². The number of esters is 2. The number of halogens is 1. The van der Waals surface area contributed by atoms with Gasteiger partial charge >= 0.3 is 11.9 Å². The molecule has 5 rings (SSSR count). The second kappa shape index (κ2) is 12.4. The third kappa shape index (κ3) is 5.25. The van der Waals surface area contributed by atoms with Crippen LogP contribution in [-0.2, 0) is 23.9 Å². The number of nitrogens with two attached hydrogens (primary N) is 1. The number of Topliss-reactive ketones (excluding diaryl/α,β-unsaturated/α-hetero) is 1. The van der Waals surface area contributed by atoms with Crippen molar-refractivity contribution in [2.75, 3.05) is 18.1 Å². The minimum atomic E-state index is -1.32. The largest absolute Gasteiger partial charge is 0.465 e. The van der Waals surface area contributed by atoms with Gasteiger partial charge in [-0.15, -0.1) is 11.3 Å². The van der Waals surface area contributed by atoms with E-state index in [1.165, 1.54) is 52.6 Å². The first kappa shape index (κ1) is 30.6. The lowest BCUT2D eigenvalue weighted by atomic mass is 9.68. The molecule has 3 atom stereocenters. The molecule has 0 unspecified atom stereocenters. The molecule has 0 spiro atoms. The Labute approximate surface area is 256 Å². The third-order valence-corrected chi connectivity index (χ3v) is 8.85. The van der Waals surface area contributed by atoms with Crippen LogP contribution >= 0.6 is 11.3 Å². The van der Waals surface area contributed by atoms with Crippen molar-refractivity contribution in [1.29, 1.82) is 0 Å². The number of non-ortho nitro benzene ring substituents is 1. The molecule has 3 aromatic rings. The van der Waals surface area contributed by atoms with Crippen LogP contribution in [0.25, 0.3) is 0 Å². The van der Waals surface area contributed by atoms with E-state index in [9.17, 15) is 24.5 Å². The minimum absolute atomic E-state index is 0.00745. The third-order valence-electron chi connectivity index (χ3n) is 7.84. The topological polar surface area (TPSA) is 142 Å². The quantitative estimate of drug-likeness (QED) is 0.147. The van der Waals surface area contributed by atoms with Crippen LogP contribution in [0.5, 0.6) is 0 Å². The zero-order valence-corrected chi connectivity index (χ0v) is 25.1. The van der Waals surface area contributed by atoms with E-state index < -0.39 is 46.2 Å². The zero-order valence-electron chi connectivity index (χ0n) is 24.2. The van der Waals surface area contributed by atoms with E-state index in [0.717, 1.165) is 4.88 Å². The van der Waals surface area contributed by atoms with Gasteiger partial charge in [0.1, 0.15) is 17.6 Å². The van der Waals surface area contributed by atoms with Gasteiger partial charge in [-0.3, -0.25) is 24.6 Å². The maximum absolute atomic E-state index is 15.6. The SMILES string of the molecule is CCOC(=O)C1=C(N)N(c2cc([N+](=O)[O-])ccc2C)C2=C(C(=O)[C@H](C(=O)OCC)[C@H](c3cccs3)C2)[C@@H]1c1ccccc1F. The van der Waals surface area contributed by atoms with E-state index in [-0.39, 0.29) is 53.5 Å². The molecule has 2 heterocycles. The van der Waals surface area contributed by atoms with Gasteiger partial charge in [-0.05, 0) is 50.3 Å². The maximum atomic E-state index is 15.6. The molecule has 0 amide bonds. The standard InChI is InChI=1S/C32H30FN3O7S/c1-4-42-31(38)26-20(24-11-8-14-44-24)16-23-27(29(26)37)25(19-9-6-7-10-21(19)33)28(32(39)43-5-2)30(34)35(23)22-15-18(36(40)41)13-12-17(22)3/h6-15,20,25-26H,4-5,16,34H2,1-3H3/t20-,25-,26+/m0/s1. The van der Waals surface area contributed by atoms with Gasteiger partial charge in [0.15, 0.2) is 5.78 Å². The number of carbonyl (C=O) groups excluding carboxylic acids is 3. The van der Waals surface area contributed by atoms with E-state index in [1.54, 1.807) is 32.9 Å². The van der Waals surface area contributed by atoms with Crippen molar-refractivity contribution in [2.24, 2.45) is 11.7 Å². The number of thiophene rings is 1. The predicted octanol–water partition coefficient (Wildman–Crippen LogP) is 5.63. The number of rotatable bonds is 8. The predicted molar refractivity (Wildman–Crippen MR) is 161 cm³/mol. The molecule has 0 saturated heterocycles. The van der Waals surface area contributed by atoms with E-state index in [2.05, 4.69) is 0 Å². The molecule has 2 aromatic carbocycles. The highest BCUT2D eigenvalue weighted by Crippen LogP contribution is 2.53. The normalized spacial score (nSPS) is 20.0. The minimum Gasteiger partial charge on any atom is -0.465 e. The first-order valence-electron chi connectivity index (χ1n) is 14.0. The molecule has 0 fully saturated rings. The fourth-order valence-corrected chi connectivity index (χ4v) is 6.82. The van der Waals surface area contributed by atoms with Gasteiger partial charge < -0.3 is 15.2 Å². The lowest BCUT2D eigenvalue weighted by molar-refractivity contribution is -0.384. The Bertz CT molecular complexity index is 1720. The van der Waals surface area contributed by atoms with Crippen LogP contribution in [0.2, 0.25) is 0 Å². The molecule has 44 heavy (non-hydrogen) atoms. The lowest BCUT2D eigenvalue weighted by Gasteiger charge is -2.44. The Morgan fingerprint density at radius 2 is 1.84 bits per heavy atom. The van der Waals surface area contributed by atoms with Gasteiger partial charge in [0, 0.05) is 39.8 Å². The molecule has 12 heteroatoms. The fraction of sp³-hybridized carbons (Fsp3) is 0.281. The number of hydrogen-bond donors (Lipinski definition) is 1. The number of anilines is 1. The molecule has 0 radical (unpaired) electrons. The van der Waals surface area contributed by atoms with E-state index >= 15 is 4.39 Å². The molecule has 0 bridgehead atoms. The Hall–Kier alpha value is -4.84. The number of nitro benzene ring substituents is 1. The number of aryl methyl sites for hydroxylation is 1. The number of hydrogen-bond acceptors (Lipinski definition) is 10. The van der Waals surface area contributed by atoms with Gasteiger partial charge in [0.05, 0.1) is 35.3 Å². The summed E-state index contributed by atoms with van der Waals surface area (Å²) in [7, 11) is 0. The van der Waals surface area contributed by atoms with Crippen LogP contribution in [0.15, 0.2) is 82.6 Å². The lowest BCUT2D eigenvalue weighted by Crippen LogP contribution is -2.46. The molecule has 10 nitrogen and oxygen atoms in total. The highest BCUT2D eigenvalue weighted by atomic mass is 32.1. The number of ether oxygens (including phenoxy) is 2. The van der Waals surface area contributed by atoms with Crippen LogP contribution in [0.1, 0.15) is 48.1 Å². The van der Waals surface area contributed by atoms with Crippen molar-refractivity contribution < 1.29 is 33.2 Å². The van der Waals surface area contributed by atoms with Crippen molar-refractivity contribution in [2.45, 2.75) is 39.0 Å². The summed E-state index contributed by atoms with van der Waals surface area (Å²) in [6, 6.07) is 13.5. The molecule has 2 aliphatic rings. The van der Waals surface area contributed by atoms with Crippen LogP contribution in [-0.4, -0.2) is 35.9 Å². The molecular weight excluding hydrogens is 589 g/mol. The molecule has 1 aromatic heterocycles. The summed E-state index contributed by atoms with van der Waals surface area (Å²) in [5.74, 6) is -6.44. The molecular formula is C32H30FN3O7S. The average molecular weight is 620 g/mol. The van der Waals surface area contributed by atoms with Gasteiger partial charge in [-0.1, -0.05) is 30.3 Å². The van der Waals surface area contributed by atoms with Gasteiger partial charge in [0.2, 0.25) is 0 Å². The number of ketones is 1. The number of nitrogens with zero attached hydrogens (tertiary/aromatic N) is 2. The smallest absolute Gasteiger partial charge is 0.338 e. The number of benzene rings is 2. The summed E-state index contributed by atoms with van der Waals surface area (Å²) < 4.78 is 26.3. The molecule has 0 saturated carbocycles. The van der Waals surface area contributed by atoms with Crippen LogP contribution < -0.4 is 10.6 Å². The van der Waals surface area contributed by atoms with E-state index in [1.807, 2.05) is 11.4 Å².